The van der Waals surface area contributed by atoms with Crippen LogP contribution < -0.4 is 4.74 Å². The Hall–Kier alpha value is -2.44. The number of hydrogen-bond donors (Lipinski definition) is 0. The van der Waals surface area contributed by atoms with Crippen LogP contribution in [0.25, 0.3) is 0 Å². The minimum atomic E-state index is -0.359. The second-order valence-electron chi connectivity index (χ2n) is 7.20. The molecule has 4 rings (SSSR count). The molecule has 2 fully saturated rings. The molecule has 0 spiro atoms. The minimum Gasteiger partial charge on any atom is -0.481 e. The van der Waals surface area contributed by atoms with Crippen LogP contribution in [-0.2, 0) is 22.6 Å². The average Bonchev–Trinajstić information content (AvgIpc) is 3.20. The number of benzene rings is 1. The van der Waals surface area contributed by atoms with Gasteiger partial charge >= 0.3 is 0 Å². The monoisotopic (exact) mass is 367 g/mol. The van der Waals surface area contributed by atoms with Crippen molar-refractivity contribution in [3.05, 3.63) is 59.8 Å². The number of amides is 1. The Kier molecular flexibility index (Phi) is 5.09. The number of aromatic nitrogens is 1. The second kappa shape index (κ2) is 7.66. The number of likely N-dealkylation sites (tertiary alicyclic amines) is 2. The third kappa shape index (κ3) is 3.55. The molecule has 0 N–H and O–H groups in total. The number of carbonyl (C=O) groups is 1. The van der Waals surface area contributed by atoms with Gasteiger partial charge in [0.2, 0.25) is 5.88 Å². The molecule has 0 saturated carbocycles. The molecule has 6 nitrogen and oxygen atoms in total. The first-order chi connectivity index (χ1) is 13.2. The highest BCUT2D eigenvalue weighted by Gasteiger charge is 2.52. The molecule has 1 aromatic heterocycles. The summed E-state index contributed by atoms with van der Waals surface area (Å²) in [4.78, 5) is 21.7. The molecule has 3 heterocycles. The van der Waals surface area contributed by atoms with Gasteiger partial charge in [-0.15, -0.1) is 0 Å². The highest BCUT2D eigenvalue weighted by Crippen LogP contribution is 2.35. The standard InChI is InChI=1S/C21H25N3O3/c1-26-19-10-6-9-16(22-19)12-23-13-17-18(14-23)24(21(25)20(17)27-2)11-15-7-4-3-5-8-15/h3-10,17-18,20H,11-14H2,1-2H3/t17-,18+,20-/m0/s1. The van der Waals surface area contributed by atoms with E-state index < -0.39 is 0 Å². The van der Waals surface area contributed by atoms with E-state index in [0.29, 0.717) is 12.4 Å². The van der Waals surface area contributed by atoms with E-state index in [9.17, 15) is 4.79 Å². The highest BCUT2D eigenvalue weighted by atomic mass is 16.5. The number of carbonyl (C=O) groups excluding carboxylic acids is 1. The maximum absolute atomic E-state index is 12.9. The van der Waals surface area contributed by atoms with Gasteiger partial charge in [0.15, 0.2) is 0 Å². The largest absolute Gasteiger partial charge is 0.481 e. The lowest BCUT2D eigenvalue weighted by Gasteiger charge is -2.25. The Morgan fingerprint density at radius 3 is 2.59 bits per heavy atom. The summed E-state index contributed by atoms with van der Waals surface area (Å²) in [5, 5.41) is 0. The Labute approximate surface area is 159 Å². The molecule has 0 unspecified atom stereocenters. The zero-order valence-corrected chi connectivity index (χ0v) is 15.7. The van der Waals surface area contributed by atoms with Crippen LogP contribution in [0.3, 0.4) is 0 Å². The molecular formula is C21H25N3O3. The summed E-state index contributed by atoms with van der Waals surface area (Å²) in [5.41, 5.74) is 2.12. The lowest BCUT2D eigenvalue weighted by molar-refractivity contribution is -0.138. The molecule has 6 heteroatoms. The van der Waals surface area contributed by atoms with Crippen LogP contribution in [0, 0.1) is 5.92 Å². The molecule has 3 atom stereocenters. The zero-order chi connectivity index (χ0) is 18.8. The van der Waals surface area contributed by atoms with Crippen LogP contribution in [0.5, 0.6) is 5.88 Å². The van der Waals surface area contributed by atoms with Crippen molar-refractivity contribution in [1.29, 1.82) is 0 Å². The summed E-state index contributed by atoms with van der Waals surface area (Å²) in [6.45, 7) is 3.04. The highest BCUT2D eigenvalue weighted by molar-refractivity contribution is 5.84. The molecule has 0 aliphatic carbocycles. The van der Waals surface area contributed by atoms with Gasteiger partial charge < -0.3 is 14.4 Å². The maximum atomic E-state index is 12.9. The first-order valence-electron chi connectivity index (χ1n) is 9.29. The Morgan fingerprint density at radius 1 is 1.04 bits per heavy atom. The van der Waals surface area contributed by atoms with E-state index in [0.717, 1.165) is 30.9 Å². The van der Waals surface area contributed by atoms with Crippen LogP contribution in [0.2, 0.25) is 0 Å². The van der Waals surface area contributed by atoms with Gasteiger partial charge in [-0.05, 0) is 11.6 Å². The number of ether oxygens (including phenoxy) is 2. The van der Waals surface area contributed by atoms with Crippen molar-refractivity contribution >= 4 is 5.91 Å². The molecule has 2 saturated heterocycles. The van der Waals surface area contributed by atoms with Crippen molar-refractivity contribution in [1.82, 2.24) is 14.8 Å². The van der Waals surface area contributed by atoms with E-state index in [1.807, 2.05) is 41.3 Å². The SMILES string of the molecule is COc1cccc(CN2C[C@@H]3[C@H](OC)C(=O)N(Cc4ccccc4)[C@@H]3C2)n1. The number of rotatable bonds is 6. The summed E-state index contributed by atoms with van der Waals surface area (Å²) in [7, 11) is 3.26. The van der Waals surface area contributed by atoms with E-state index in [4.69, 9.17) is 9.47 Å². The van der Waals surface area contributed by atoms with Gasteiger partial charge in [-0.25, -0.2) is 4.98 Å². The third-order valence-corrected chi connectivity index (χ3v) is 5.55. The Bertz CT molecular complexity index is 798. The first-order valence-corrected chi connectivity index (χ1v) is 9.29. The fraction of sp³-hybridized carbons (Fsp3) is 0.429. The van der Waals surface area contributed by atoms with Gasteiger partial charge in [-0.1, -0.05) is 36.4 Å². The van der Waals surface area contributed by atoms with Gasteiger partial charge in [-0.3, -0.25) is 9.69 Å². The van der Waals surface area contributed by atoms with Crippen LogP contribution >= 0.6 is 0 Å². The third-order valence-electron chi connectivity index (χ3n) is 5.55. The number of hydrogen-bond acceptors (Lipinski definition) is 5. The predicted molar refractivity (Wildman–Crippen MR) is 101 cm³/mol. The van der Waals surface area contributed by atoms with Crippen LogP contribution in [-0.4, -0.2) is 60.1 Å². The minimum absolute atomic E-state index is 0.107. The molecule has 1 amide bonds. The summed E-state index contributed by atoms with van der Waals surface area (Å²) >= 11 is 0. The second-order valence-corrected chi connectivity index (χ2v) is 7.20. The van der Waals surface area contributed by atoms with E-state index >= 15 is 0 Å². The van der Waals surface area contributed by atoms with Crippen molar-refractivity contribution in [3.8, 4) is 5.88 Å². The molecular weight excluding hydrogens is 342 g/mol. The number of pyridine rings is 1. The molecule has 0 bridgehead atoms. The lowest BCUT2D eigenvalue weighted by atomic mass is 10.0. The van der Waals surface area contributed by atoms with Crippen LogP contribution in [0.1, 0.15) is 11.3 Å². The van der Waals surface area contributed by atoms with Gasteiger partial charge in [0.1, 0.15) is 6.10 Å². The van der Waals surface area contributed by atoms with Crippen molar-refractivity contribution in [2.24, 2.45) is 5.92 Å². The van der Waals surface area contributed by atoms with E-state index in [1.54, 1.807) is 14.2 Å². The summed E-state index contributed by atoms with van der Waals surface area (Å²) in [6.07, 6.45) is -0.359. The van der Waals surface area contributed by atoms with Crippen molar-refractivity contribution in [2.75, 3.05) is 27.3 Å². The van der Waals surface area contributed by atoms with Gasteiger partial charge in [0.25, 0.3) is 5.91 Å². The topological polar surface area (TPSA) is 54.9 Å². The smallest absolute Gasteiger partial charge is 0.252 e. The van der Waals surface area contributed by atoms with Crippen molar-refractivity contribution < 1.29 is 14.3 Å². The zero-order valence-electron chi connectivity index (χ0n) is 15.7. The Balaban J connectivity index is 1.49. The van der Waals surface area contributed by atoms with Gasteiger partial charge in [0.05, 0.1) is 18.8 Å². The number of methoxy groups -OCH3 is 2. The molecule has 0 radical (unpaired) electrons. The molecule has 2 aliphatic heterocycles. The van der Waals surface area contributed by atoms with Crippen molar-refractivity contribution in [2.45, 2.75) is 25.2 Å². The average molecular weight is 367 g/mol. The molecule has 27 heavy (non-hydrogen) atoms. The van der Waals surface area contributed by atoms with Crippen molar-refractivity contribution in [3.63, 3.8) is 0 Å². The molecule has 142 valence electrons. The summed E-state index contributed by atoms with van der Waals surface area (Å²) < 4.78 is 10.8. The number of fused-ring (bicyclic) bond motifs is 1. The fourth-order valence-corrected chi connectivity index (χ4v) is 4.30. The lowest BCUT2D eigenvalue weighted by Crippen LogP contribution is -2.38. The summed E-state index contributed by atoms with van der Waals surface area (Å²) in [6, 6.07) is 16.1. The fourth-order valence-electron chi connectivity index (χ4n) is 4.30. The molecule has 1 aromatic carbocycles. The van der Waals surface area contributed by atoms with Gasteiger partial charge in [-0.2, -0.15) is 0 Å². The first kappa shape index (κ1) is 17.9. The maximum Gasteiger partial charge on any atom is 0.252 e. The summed E-state index contributed by atoms with van der Waals surface area (Å²) in [5.74, 6) is 0.926. The predicted octanol–water partition coefficient (Wildman–Crippen LogP) is 1.95. The van der Waals surface area contributed by atoms with E-state index in [1.165, 1.54) is 0 Å². The van der Waals surface area contributed by atoms with E-state index in [2.05, 4.69) is 22.0 Å². The van der Waals surface area contributed by atoms with Gasteiger partial charge in [0, 0.05) is 45.3 Å². The molecule has 2 aliphatic rings. The van der Waals surface area contributed by atoms with Crippen LogP contribution in [0.15, 0.2) is 48.5 Å². The van der Waals surface area contributed by atoms with E-state index in [-0.39, 0.29) is 24.0 Å². The van der Waals surface area contributed by atoms with Crippen LogP contribution in [0.4, 0.5) is 0 Å². The molecule has 2 aromatic rings. The quantitative estimate of drug-likeness (QED) is 0.781. The number of nitrogens with zero attached hydrogens (tertiary/aromatic N) is 3. The Morgan fingerprint density at radius 2 is 1.85 bits per heavy atom. The normalized spacial score (nSPS) is 25.0.